The SMILES string of the molecule is O=C([O-])c1n[nH]c(/N=N/c2c(O)c(S(=O)(=O)O)cc3ccc(S(=O)(=O)O)cc23)n1.[Na+]. The summed E-state index contributed by atoms with van der Waals surface area (Å²) in [5.74, 6) is -4.04. The van der Waals surface area contributed by atoms with Crippen LogP contribution in [0.5, 0.6) is 5.75 Å². The minimum atomic E-state index is -4.92. The monoisotopic (exact) mass is 465 g/mol. The fourth-order valence-electron chi connectivity index (χ4n) is 2.27. The largest absolute Gasteiger partial charge is 1.00 e. The Morgan fingerprint density at radius 2 is 1.73 bits per heavy atom. The van der Waals surface area contributed by atoms with Gasteiger partial charge in [-0.25, -0.2) is 5.10 Å². The van der Waals surface area contributed by atoms with Crippen LogP contribution in [0.25, 0.3) is 10.8 Å². The standard InChI is InChI=1S/C13H9N5O9S2.Na/c19-10-8(29(25,26)27)3-5-1-2-6(28(22,23)24)4-7(5)9(10)15-17-13-14-11(12(20)21)16-18-13;/h1-4,19H,(H,20,21)(H,14,16,18)(H,22,23,24)(H,25,26,27);/q;+1/p-1/b17-15+;. The van der Waals surface area contributed by atoms with E-state index in [1.165, 1.54) is 0 Å². The molecule has 0 saturated heterocycles. The Hall–Kier alpha value is -2.47. The fraction of sp³-hybridized carbons (Fsp3) is 0. The Kier molecular flexibility index (Phi) is 6.62. The van der Waals surface area contributed by atoms with Crippen LogP contribution in [0, 0.1) is 0 Å². The number of hydrogen-bond acceptors (Lipinski definition) is 11. The molecule has 0 unspecified atom stereocenters. The first-order chi connectivity index (χ1) is 13.4. The molecule has 1 aromatic heterocycles. The molecule has 30 heavy (non-hydrogen) atoms. The van der Waals surface area contributed by atoms with Crippen LogP contribution < -0.4 is 34.7 Å². The van der Waals surface area contributed by atoms with Gasteiger partial charge in [0.2, 0.25) is 0 Å². The van der Waals surface area contributed by atoms with Crippen molar-refractivity contribution >= 4 is 48.6 Å². The third kappa shape index (κ3) is 4.81. The van der Waals surface area contributed by atoms with Crippen LogP contribution in [0.4, 0.5) is 11.6 Å². The second-order valence-corrected chi connectivity index (χ2v) is 8.19. The number of phenolic OH excluding ortho intramolecular Hbond substituents is 1. The van der Waals surface area contributed by atoms with E-state index in [9.17, 15) is 40.9 Å². The summed E-state index contributed by atoms with van der Waals surface area (Å²) in [5.41, 5.74) is -0.618. The van der Waals surface area contributed by atoms with Gasteiger partial charge in [-0.05, 0) is 23.6 Å². The minimum absolute atomic E-state index is 0. The molecular formula is C13H8N5NaO9S2. The van der Waals surface area contributed by atoms with Crippen molar-refractivity contribution in [1.82, 2.24) is 15.2 Å². The molecule has 0 bridgehead atoms. The maximum Gasteiger partial charge on any atom is 1.00 e. The number of hydrogen-bond donors (Lipinski definition) is 4. The molecule has 152 valence electrons. The normalized spacial score (nSPS) is 12.2. The van der Waals surface area contributed by atoms with E-state index in [0.717, 1.165) is 24.3 Å². The molecule has 0 radical (unpaired) electrons. The van der Waals surface area contributed by atoms with Gasteiger partial charge in [0.1, 0.15) is 16.6 Å². The van der Waals surface area contributed by atoms with Gasteiger partial charge < -0.3 is 15.0 Å². The van der Waals surface area contributed by atoms with Gasteiger partial charge >= 0.3 is 29.6 Å². The summed E-state index contributed by atoms with van der Waals surface area (Å²) in [4.78, 5) is 12.5. The zero-order chi connectivity index (χ0) is 21.6. The summed E-state index contributed by atoms with van der Waals surface area (Å²) in [6.45, 7) is 0. The molecule has 0 amide bonds. The van der Waals surface area contributed by atoms with Crippen LogP contribution in [0.2, 0.25) is 0 Å². The summed E-state index contributed by atoms with van der Waals surface area (Å²) in [6, 6.07) is 3.76. The smallest absolute Gasteiger partial charge is 0.541 e. The third-order valence-electron chi connectivity index (χ3n) is 3.50. The van der Waals surface area contributed by atoms with Crippen LogP contribution >= 0.6 is 0 Å². The zero-order valence-corrected chi connectivity index (χ0v) is 18.3. The van der Waals surface area contributed by atoms with E-state index in [4.69, 9.17) is 0 Å². The number of rotatable bonds is 5. The average Bonchev–Trinajstić information content (AvgIpc) is 3.07. The van der Waals surface area contributed by atoms with Gasteiger partial charge in [0.05, 0.1) is 4.90 Å². The summed E-state index contributed by atoms with van der Waals surface area (Å²) < 4.78 is 64.2. The maximum atomic E-state index is 11.5. The summed E-state index contributed by atoms with van der Waals surface area (Å²) >= 11 is 0. The van der Waals surface area contributed by atoms with Crippen LogP contribution in [-0.2, 0) is 20.2 Å². The number of aromatic nitrogens is 3. The van der Waals surface area contributed by atoms with Crippen molar-refractivity contribution in [3.8, 4) is 5.75 Å². The molecule has 3 rings (SSSR count). The number of aromatic carboxylic acids is 1. The number of nitrogens with one attached hydrogen (secondary N) is 1. The van der Waals surface area contributed by atoms with Crippen LogP contribution in [0.15, 0.2) is 44.3 Å². The Balaban J connectivity index is 0.00000320. The second-order valence-electron chi connectivity index (χ2n) is 5.38. The number of benzene rings is 2. The van der Waals surface area contributed by atoms with Gasteiger partial charge in [-0.15, -0.1) is 10.2 Å². The van der Waals surface area contributed by atoms with E-state index in [1.54, 1.807) is 0 Å². The molecule has 0 aliphatic heterocycles. The molecule has 0 spiro atoms. The van der Waals surface area contributed by atoms with Crippen LogP contribution in [0.3, 0.4) is 0 Å². The van der Waals surface area contributed by atoms with Gasteiger partial charge in [-0.1, -0.05) is 6.07 Å². The van der Waals surface area contributed by atoms with Crippen molar-refractivity contribution in [2.24, 2.45) is 10.2 Å². The number of azo groups is 1. The average molecular weight is 465 g/mol. The van der Waals surface area contributed by atoms with E-state index in [-0.39, 0.29) is 40.3 Å². The summed E-state index contributed by atoms with van der Waals surface area (Å²) in [5, 5.41) is 33.1. The molecule has 0 aliphatic rings. The number of carbonyl (C=O) groups is 1. The predicted octanol–water partition coefficient (Wildman–Crippen LogP) is -3.06. The maximum absolute atomic E-state index is 11.5. The number of phenols is 1. The molecule has 17 heteroatoms. The molecule has 0 fully saturated rings. The molecule has 14 nitrogen and oxygen atoms in total. The number of H-pyrrole nitrogens is 1. The molecular weight excluding hydrogens is 457 g/mol. The number of carboxylic acid groups (broad SMARTS) is 1. The molecule has 0 saturated carbocycles. The van der Waals surface area contributed by atoms with Crippen molar-refractivity contribution < 1.29 is 70.5 Å². The van der Waals surface area contributed by atoms with E-state index in [0.29, 0.717) is 0 Å². The number of aromatic amines is 1. The third-order valence-corrected chi connectivity index (χ3v) is 5.22. The van der Waals surface area contributed by atoms with Crippen molar-refractivity contribution in [3.63, 3.8) is 0 Å². The number of fused-ring (bicyclic) bond motifs is 1. The first-order valence-electron chi connectivity index (χ1n) is 7.18. The zero-order valence-electron chi connectivity index (χ0n) is 14.7. The van der Waals surface area contributed by atoms with E-state index < -0.39 is 59.2 Å². The Labute approximate surface area is 189 Å². The van der Waals surface area contributed by atoms with Gasteiger partial charge in [0.25, 0.3) is 26.2 Å². The van der Waals surface area contributed by atoms with E-state index >= 15 is 0 Å². The Morgan fingerprint density at radius 1 is 1.07 bits per heavy atom. The first kappa shape index (κ1) is 23.8. The summed E-state index contributed by atoms with van der Waals surface area (Å²) in [7, 11) is -9.58. The van der Waals surface area contributed by atoms with E-state index in [2.05, 4.69) is 25.4 Å². The van der Waals surface area contributed by atoms with Gasteiger partial charge in [-0.2, -0.15) is 26.9 Å². The predicted molar refractivity (Wildman–Crippen MR) is 90.1 cm³/mol. The number of carbonyl (C=O) groups excluding carboxylic acids is 1. The molecule has 0 atom stereocenters. The number of nitrogens with zero attached hydrogens (tertiary/aromatic N) is 4. The Morgan fingerprint density at radius 3 is 2.27 bits per heavy atom. The molecule has 0 aliphatic carbocycles. The van der Waals surface area contributed by atoms with Gasteiger partial charge in [0.15, 0.2) is 11.6 Å². The second kappa shape index (κ2) is 8.34. The molecule has 1 heterocycles. The number of aromatic hydroxyl groups is 1. The molecule has 3 aromatic rings. The Bertz CT molecular complexity index is 1400. The van der Waals surface area contributed by atoms with Crippen molar-refractivity contribution in [2.45, 2.75) is 9.79 Å². The fourth-order valence-corrected chi connectivity index (χ4v) is 3.39. The summed E-state index contributed by atoms with van der Waals surface area (Å²) in [6.07, 6.45) is 0. The van der Waals surface area contributed by atoms with Crippen molar-refractivity contribution in [1.29, 1.82) is 0 Å². The van der Waals surface area contributed by atoms with E-state index in [1.807, 2.05) is 0 Å². The van der Waals surface area contributed by atoms with Crippen LogP contribution in [-0.4, -0.2) is 52.2 Å². The van der Waals surface area contributed by atoms with Crippen molar-refractivity contribution in [3.05, 3.63) is 30.1 Å². The quantitative estimate of drug-likeness (QED) is 0.168. The molecule has 2 aromatic carbocycles. The van der Waals surface area contributed by atoms with Gasteiger partial charge in [-0.3, -0.25) is 9.11 Å². The van der Waals surface area contributed by atoms with Gasteiger partial charge in [0, 0.05) is 5.39 Å². The number of carboxylic acids is 1. The minimum Gasteiger partial charge on any atom is -0.541 e. The molecule has 4 N–H and O–H groups in total. The topological polar surface area (TPSA) is 235 Å². The first-order valence-corrected chi connectivity index (χ1v) is 10.1. The van der Waals surface area contributed by atoms with Crippen LogP contribution in [0.1, 0.15) is 10.6 Å². The van der Waals surface area contributed by atoms with Crippen molar-refractivity contribution in [2.75, 3.05) is 0 Å².